The number of hydrogen-bond acceptors (Lipinski definition) is 3. The van der Waals surface area contributed by atoms with E-state index in [4.69, 9.17) is 17.3 Å². The molecule has 0 fully saturated rings. The Labute approximate surface area is 113 Å². The molecule has 2 N–H and O–H groups in total. The summed E-state index contributed by atoms with van der Waals surface area (Å²) in [6, 6.07) is 0. The van der Waals surface area contributed by atoms with Crippen molar-refractivity contribution in [2.45, 2.75) is 52.0 Å². The molecule has 0 aliphatic carbocycles. The van der Waals surface area contributed by atoms with E-state index in [1.165, 1.54) is 0 Å². The van der Waals surface area contributed by atoms with Crippen molar-refractivity contribution in [2.24, 2.45) is 5.73 Å². The van der Waals surface area contributed by atoms with Crippen LogP contribution in [0.2, 0.25) is 5.02 Å². The van der Waals surface area contributed by atoms with Gasteiger partial charge in [0.15, 0.2) is 5.78 Å². The van der Waals surface area contributed by atoms with Crippen molar-refractivity contribution in [1.82, 2.24) is 9.78 Å². The lowest BCUT2D eigenvalue weighted by molar-refractivity contribution is 0.0968. The van der Waals surface area contributed by atoms with E-state index in [2.05, 4.69) is 12.0 Å². The number of nitrogens with zero attached hydrogens (tertiary/aromatic N) is 2. The summed E-state index contributed by atoms with van der Waals surface area (Å²) in [5.41, 5.74) is 5.99. The fraction of sp³-hybridized carbons (Fsp3) is 0.692. The van der Waals surface area contributed by atoms with Crippen LogP contribution in [-0.2, 0) is 6.54 Å². The van der Waals surface area contributed by atoms with Crippen molar-refractivity contribution < 1.29 is 4.79 Å². The van der Waals surface area contributed by atoms with Crippen LogP contribution in [0.4, 0.5) is 0 Å². The normalized spacial score (nSPS) is 10.8. The second-order valence-corrected chi connectivity index (χ2v) is 4.85. The van der Waals surface area contributed by atoms with Gasteiger partial charge in [-0.15, -0.1) is 0 Å². The van der Waals surface area contributed by atoms with E-state index in [0.717, 1.165) is 45.2 Å². The minimum absolute atomic E-state index is 0.0960. The van der Waals surface area contributed by atoms with Crippen molar-refractivity contribution in [3.63, 3.8) is 0 Å². The number of Topliss-reactive ketones (excluding diaryl/α,β-unsaturated/α-hetero) is 1. The third kappa shape index (κ3) is 4.42. The fourth-order valence-electron chi connectivity index (χ4n) is 1.92. The van der Waals surface area contributed by atoms with Crippen LogP contribution >= 0.6 is 11.6 Å². The number of aryl methyl sites for hydroxylation is 1. The Morgan fingerprint density at radius 3 is 2.78 bits per heavy atom. The Balaban J connectivity index is 2.47. The first kappa shape index (κ1) is 15.2. The molecule has 5 heteroatoms. The van der Waals surface area contributed by atoms with E-state index in [9.17, 15) is 4.79 Å². The molecule has 1 aromatic rings. The van der Waals surface area contributed by atoms with E-state index in [-0.39, 0.29) is 5.78 Å². The first-order valence-electron chi connectivity index (χ1n) is 6.65. The predicted octanol–water partition coefficient (Wildman–Crippen LogP) is 3.04. The van der Waals surface area contributed by atoms with Crippen LogP contribution < -0.4 is 5.73 Å². The summed E-state index contributed by atoms with van der Waals surface area (Å²) in [6.45, 7) is 3.51. The number of carbonyl (C=O) groups excluding carboxylic acids is 1. The van der Waals surface area contributed by atoms with Crippen molar-refractivity contribution in [2.75, 3.05) is 6.54 Å². The topological polar surface area (TPSA) is 60.9 Å². The van der Waals surface area contributed by atoms with Crippen molar-refractivity contribution in [3.05, 3.63) is 16.9 Å². The highest BCUT2D eigenvalue weighted by Crippen LogP contribution is 2.18. The molecule has 18 heavy (non-hydrogen) atoms. The van der Waals surface area contributed by atoms with Gasteiger partial charge in [0.05, 0.1) is 11.2 Å². The Hall–Kier alpha value is -0.870. The second-order valence-electron chi connectivity index (χ2n) is 4.44. The number of hydrogen-bond donors (Lipinski definition) is 1. The smallest absolute Gasteiger partial charge is 0.182 e. The molecule has 0 aliphatic rings. The summed E-state index contributed by atoms with van der Waals surface area (Å²) >= 11 is 6.02. The highest BCUT2D eigenvalue weighted by atomic mass is 35.5. The molecule has 1 aromatic heterocycles. The predicted molar refractivity (Wildman–Crippen MR) is 74.0 cm³/mol. The minimum atomic E-state index is 0.0960. The van der Waals surface area contributed by atoms with Gasteiger partial charge in [0.1, 0.15) is 5.69 Å². The van der Waals surface area contributed by atoms with Crippen molar-refractivity contribution >= 4 is 17.4 Å². The van der Waals surface area contributed by atoms with Gasteiger partial charge in [-0.05, 0) is 25.8 Å². The first-order chi connectivity index (χ1) is 8.70. The van der Waals surface area contributed by atoms with Crippen LogP contribution in [-0.4, -0.2) is 22.1 Å². The molecule has 0 amide bonds. The van der Waals surface area contributed by atoms with E-state index in [1.807, 2.05) is 0 Å². The van der Waals surface area contributed by atoms with Gasteiger partial charge in [0, 0.05) is 13.0 Å². The fourth-order valence-corrected chi connectivity index (χ4v) is 2.17. The highest BCUT2D eigenvalue weighted by molar-refractivity contribution is 6.33. The van der Waals surface area contributed by atoms with E-state index in [1.54, 1.807) is 10.9 Å². The summed E-state index contributed by atoms with van der Waals surface area (Å²) in [5, 5.41) is 4.60. The molecule has 0 saturated heterocycles. The van der Waals surface area contributed by atoms with Gasteiger partial charge in [-0.1, -0.05) is 31.4 Å². The van der Waals surface area contributed by atoms with Gasteiger partial charge >= 0.3 is 0 Å². The SMILES string of the molecule is CCCn1ncc(Cl)c1C(=O)CCCCCCN. The zero-order valence-corrected chi connectivity index (χ0v) is 11.7. The van der Waals surface area contributed by atoms with Crippen LogP contribution in [0.25, 0.3) is 0 Å². The average molecular weight is 272 g/mol. The highest BCUT2D eigenvalue weighted by Gasteiger charge is 2.16. The third-order valence-corrected chi connectivity index (χ3v) is 3.13. The Morgan fingerprint density at radius 2 is 2.11 bits per heavy atom. The van der Waals surface area contributed by atoms with Gasteiger partial charge in [0.25, 0.3) is 0 Å². The average Bonchev–Trinajstić information content (AvgIpc) is 2.71. The molecule has 0 aliphatic heterocycles. The largest absolute Gasteiger partial charge is 0.330 e. The molecule has 1 heterocycles. The number of halogens is 1. The van der Waals surface area contributed by atoms with Gasteiger partial charge in [-0.3, -0.25) is 9.48 Å². The maximum Gasteiger partial charge on any atom is 0.182 e. The van der Waals surface area contributed by atoms with Crippen LogP contribution in [0.1, 0.15) is 55.9 Å². The Kier molecular flexibility index (Phi) is 6.98. The summed E-state index contributed by atoms with van der Waals surface area (Å²) in [7, 11) is 0. The molecule has 0 aromatic carbocycles. The summed E-state index contributed by atoms with van der Waals surface area (Å²) < 4.78 is 1.71. The molecule has 4 nitrogen and oxygen atoms in total. The zero-order chi connectivity index (χ0) is 13.4. The lowest BCUT2D eigenvalue weighted by Gasteiger charge is -2.06. The standard InChI is InChI=1S/C13H22ClN3O/c1-2-9-17-13(11(14)10-16-17)12(18)7-5-3-4-6-8-15/h10H,2-9,15H2,1H3. The lowest BCUT2D eigenvalue weighted by atomic mass is 10.1. The first-order valence-corrected chi connectivity index (χ1v) is 7.03. The lowest BCUT2D eigenvalue weighted by Crippen LogP contribution is -2.11. The Bertz CT molecular complexity index is 376. The molecular formula is C13H22ClN3O. The van der Waals surface area contributed by atoms with E-state index >= 15 is 0 Å². The zero-order valence-electron chi connectivity index (χ0n) is 11.0. The molecule has 102 valence electrons. The maximum atomic E-state index is 12.1. The van der Waals surface area contributed by atoms with Crippen LogP contribution in [0.3, 0.4) is 0 Å². The molecule has 0 spiro atoms. The number of rotatable bonds is 9. The quantitative estimate of drug-likeness (QED) is 0.555. The number of unbranched alkanes of at least 4 members (excludes halogenated alkanes) is 3. The minimum Gasteiger partial charge on any atom is -0.330 e. The monoisotopic (exact) mass is 271 g/mol. The maximum absolute atomic E-state index is 12.1. The summed E-state index contributed by atoms with van der Waals surface area (Å²) in [4.78, 5) is 12.1. The number of nitrogens with two attached hydrogens (primary N) is 1. The van der Waals surface area contributed by atoms with Crippen LogP contribution in [0, 0.1) is 0 Å². The molecular weight excluding hydrogens is 250 g/mol. The number of ketones is 1. The van der Waals surface area contributed by atoms with Gasteiger partial charge in [-0.25, -0.2) is 0 Å². The summed E-state index contributed by atoms with van der Waals surface area (Å²) in [5.74, 6) is 0.0960. The van der Waals surface area contributed by atoms with Crippen LogP contribution in [0.5, 0.6) is 0 Å². The summed E-state index contributed by atoms with van der Waals surface area (Å²) in [6.07, 6.45) is 7.09. The van der Waals surface area contributed by atoms with Crippen molar-refractivity contribution in [3.8, 4) is 0 Å². The molecule has 0 saturated carbocycles. The van der Waals surface area contributed by atoms with Gasteiger partial charge < -0.3 is 5.73 Å². The van der Waals surface area contributed by atoms with E-state index in [0.29, 0.717) is 17.1 Å². The van der Waals surface area contributed by atoms with E-state index < -0.39 is 0 Å². The van der Waals surface area contributed by atoms with Crippen LogP contribution in [0.15, 0.2) is 6.20 Å². The molecule has 0 bridgehead atoms. The molecule has 0 radical (unpaired) electrons. The molecule has 0 unspecified atom stereocenters. The van der Waals surface area contributed by atoms with Gasteiger partial charge in [0.2, 0.25) is 0 Å². The molecule has 1 rings (SSSR count). The van der Waals surface area contributed by atoms with Crippen molar-refractivity contribution in [1.29, 1.82) is 0 Å². The second kappa shape index (κ2) is 8.27. The Morgan fingerprint density at radius 1 is 1.39 bits per heavy atom. The molecule has 0 atom stereocenters. The number of aromatic nitrogens is 2. The van der Waals surface area contributed by atoms with Gasteiger partial charge in [-0.2, -0.15) is 5.10 Å². The number of carbonyl (C=O) groups is 1. The third-order valence-electron chi connectivity index (χ3n) is 2.85.